The molecule has 0 amide bonds. The van der Waals surface area contributed by atoms with Crippen molar-refractivity contribution in [3.05, 3.63) is 137 Å². The van der Waals surface area contributed by atoms with Crippen molar-refractivity contribution in [1.82, 2.24) is 34.6 Å². The van der Waals surface area contributed by atoms with E-state index in [1.54, 1.807) is 43.6 Å². The third kappa shape index (κ3) is 9.13. The minimum absolute atomic E-state index is 0.0319. The van der Waals surface area contributed by atoms with E-state index in [0.717, 1.165) is 43.1 Å². The molecule has 0 spiro atoms. The summed E-state index contributed by atoms with van der Waals surface area (Å²) in [7, 11) is 3.68. The average molecular weight is 888 g/mol. The third-order valence-corrected chi connectivity index (χ3v) is 12.8. The molecule has 0 radical (unpaired) electrons. The van der Waals surface area contributed by atoms with Crippen LogP contribution >= 0.6 is 11.3 Å². The fourth-order valence-corrected chi connectivity index (χ4v) is 9.32. The molecule has 1 fully saturated rings. The second-order valence-electron chi connectivity index (χ2n) is 15.9. The number of hydrogen-bond acceptors (Lipinski definition) is 12. The lowest BCUT2D eigenvalue weighted by atomic mass is 9.97. The highest BCUT2D eigenvalue weighted by molar-refractivity contribution is 7.22. The number of carboxylic acids is 1. The number of ether oxygens (including phenoxy) is 3. The Morgan fingerprint density at radius 1 is 0.844 bits per heavy atom. The number of rotatable bonds is 10. The molecule has 328 valence electrons. The summed E-state index contributed by atoms with van der Waals surface area (Å²) < 4.78 is 65.8. The average Bonchev–Trinajstić information content (AvgIpc) is 3.70. The maximum atomic E-state index is 16.8. The van der Waals surface area contributed by atoms with Crippen LogP contribution < -0.4 is 14.2 Å². The summed E-state index contributed by atoms with van der Waals surface area (Å²) in [6.07, 6.45) is 1.21. The molecule has 1 atom stereocenters. The summed E-state index contributed by atoms with van der Waals surface area (Å²) in [6.45, 7) is 5.36. The number of likely N-dealkylation sites (N-methyl/N-ethyl adjacent to an activating group) is 1. The van der Waals surface area contributed by atoms with Crippen molar-refractivity contribution in [1.29, 1.82) is 0 Å². The van der Waals surface area contributed by atoms with E-state index in [0.29, 0.717) is 69.0 Å². The Hall–Kier alpha value is -6.46. The molecule has 12 nitrogen and oxygen atoms in total. The zero-order valence-electron chi connectivity index (χ0n) is 35.1. The molecule has 64 heavy (non-hydrogen) atoms. The zero-order chi connectivity index (χ0) is 44.3. The van der Waals surface area contributed by atoms with Crippen molar-refractivity contribution in [3.8, 4) is 50.3 Å². The summed E-state index contributed by atoms with van der Waals surface area (Å²) in [5, 5.41) is 11.0. The summed E-state index contributed by atoms with van der Waals surface area (Å²) >= 11 is 1.15. The van der Waals surface area contributed by atoms with Crippen LogP contribution in [0.1, 0.15) is 22.4 Å². The van der Waals surface area contributed by atoms with Gasteiger partial charge in [0.05, 0.1) is 23.8 Å². The van der Waals surface area contributed by atoms with Gasteiger partial charge >= 0.3 is 5.97 Å². The number of thiophene rings is 1. The van der Waals surface area contributed by atoms with Crippen molar-refractivity contribution in [2.45, 2.75) is 32.2 Å². The van der Waals surface area contributed by atoms with Gasteiger partial charge in [-0.2, -0.15) is 0 Å². The number of halogens is 3. The molecular weight excluding hydrogens is 844 g/mol. The largest absolute Gasteiger partial charge is 0.496 e. The van der Waals surface area contributed by atoms with Gasteiger partial charge in [0.2, 0.25) is 12.0 Å². The molecule has 0 aliphatic carbocycles. The summed E-state index contributed by atoms with van der Waals surface area (Å²) in [5.41, 5.74) is 3.45. The number of benzene rings is 4. The van der Waals surface area contributed by atoms with Crippen LogP contribution in [0.5, 0.6) is 17.4 Å². The molecule has 7 aromatic rings. The molecule has 3 aliphatic rings. The first-order chi connectivity index (χ1) is 31.1. The first-order valence-electron chi connectivity index (χ1n) is 20.8. The van der Waals surface area contributed by atoms with Crippen LogP contribution in [0, 0.1) is 17.5 Å². The Balaban J connectivity index is 1.14. The highest BCUT2D eigenvalue weighted by Gasteiger charge is 2.30. The number of aliphatic carboxylic acids is 1. The highest BCUT2D eigenvalue weighted by Crippen LogP contribution is 2.48. The quantitative estimate of drug-likeness (QED) is 0.143. The summed E-state index contributed by atoms with van der Waals surface area (Å²) in [4.78, 5) is 38.7. The van der Waals surface area contributed by atoms with Gasteiger partial charge in [0.25, 0.3) is 0 Å². The maximum Gasteiger partial charge on any atom is 0.345 e. The first-order valence-corrected chi connectivity index (χ1v) is 21.7. The molecule has 1 saturated heterocycles. The van der Waals surface area contributed by atoms with Crippen LogP contribution in [0.4, 0.5) is 13.2 Å². The van der Waals surface area contributed by atoms with Gasteiger partial charge in [0.1, 0.15) is 35.1 Å². The van der Waals surface area contributed by atoms with Crippen molar-refractivity contribution in [3.63, 3.8) is 0 Å². The van der Waals surface area contributed by atoms with Crippen LogP contribution in [0.3, 0.4) is 0 Å². The predicted molar refractivity (Wildman–Crippen MR) is 237 cm³/mol. The normalized spacial score (nSPS) is 16.2. The van der Waals surface area contributed by atoms with E-state index in [1.165, 1.54) is 24.5 Å². The standard InChI is InChI=1S/C48H44F3N7O5S/c1-56-17-19-57(20-18-56)21-22-58-25-29-7-14-37(62-27-34-15-16-52-45(55-34)35-5-3-4-6-38(35)61-2)32(23-29)24-39(48(59)60)63-46-41-40(36-13-10-31(26-58)42(50)43(36)51)44(64-47(41)54-28-53-46)30-8-11-33(49)12-9-30/h3-16,23,28,39H,17-22,24-27H2,1-2H3,(H,59,60)/t39-/m1/s1. The second-order valence-corrected chi connectivity index (χ2v) is 16.9. The number of carbonyl (C=O) groups is 1. The lowest BCUT2D eigenvalue weighted by Crippen LogP contribution is -2.46. The third-order valence-electron chi connectivity index (χ3n) is 11.6. The Labute approximate surface area is 371 Å². The molecule has 6 heterocycles. The number of para-hydroxylation sites is 1. The maximum absolute atomic E-state index is 16.8. The van der Waals surface area contributed by atoms with Crippen LogP contribution in [0.25, 0.3) is 43.2 Å². The van der Waals surface area contributed by atoms with Crippen molar-refractivity contribution in [2.75, 3.05) is 53.4 Å². The van der Waals surface area contributed by atoms with Crippen LogP contribution in [0.2, 0.25) is 0 Å². The number of fused-ring (bicyclic) bond motifs is 6. The number of carboxylic acid groups (broad SMARTS) is 1. The molecule has 3 aliphatic heterocycles. The van der Waals surface area contributed by atoms with Gasteiger partial charge in [-0.3, -0.25) is 9.80 Å². The van der Waals surface area contributed by atoms with Gasteiger partial charge in [-0.05, 0) is 60.1 Å². The fourth-order valence-electron chi connectivity index (χ4n) is 8.16. The lowest BCUT2D eigenvalue weighted by molar-refractivity contribution is -0.145. The minimum atomic E-state index is -1.51. The van der Waals surface area contributed by atoms with Gasteiger partial charge in [-0.25, -0.2) is 37.9 Å². The fraction of sp³-hybridized carbons (Fsp3) is 0.271. The van der Waals surface area contributed by atoms with E-state index in [9.17, 15) is 14.3 Å². The number of hydrogen-bond donors (Lipinski definition) is 1. The van der Waals surface area contributed by atoms with Crippen molar-refractivity contribution < 1.29 is 37.3 Å². The topological polar surface area (TPSA) is 126 Å². The van der Waals surface area contributed by atoms with Gasteiger partial charge in [-0.1, -0.05) is 48.5 Å². The van der Waals surface area contributed by atoms with E-state index in [1.807, 2.05) is 36.4 Å². The number of nitrogens with zero attached hydrogens (tertiary/aromatic N) is 7. The van der Waals surface area contributed by atoms with E-state index < -0.39 is 29.5 Å². The van der Waals surface area contributed by atoms with E-state index in [-0.39, 0.29) is 47.5 Å². The van der Waals surface area contributed by atoms with Gasteiger partial charge in [0, 0.05) is 86.5 Å². The SMILES string of the molecule is COc1ccccc1-c1nccc(COc2ccc3cc2C[C@H](C(=O)O)Oc2ncnc4sc(-c5ccc(F)cc5)c(c24)-c2ccc(c(F)c2F)CN(CCN2CCN(C)CC2)C3)n1. The van der Waals surface area contributed by atoms with Crippen molar-refractivity contribution in [2.24, 2.45) is 0 Å². The molecule has 0 unspecified atom stereocenters. The number of methoxy groups -OCH3 is 1. The zero-order valence-corrected chi connectivity index (χ0v) is 36.0. The molecule has 1 N–H and O–H groups in total. The Morgan fingerprint density at radius 3 is 2.44 bits per heavy atom. The second kappa shape index (κ2) is 18.7. The summed E-state index contributed by atoms with van der Waals surface area (Å²) in [5.74, 6) is -2.50. The molecular formula is C48H44F3N7O5S. The van der Waals surface area contributed by atoms with E-state index in [4.69, 9.17) is 19.2 Å². The van der Waals surface area contributed by atoms with Gasteiger partial charge in [0.15, 0.2) is 17.5 Å². The van der Waals surface area contributed by atoms with Gasteiger partial charge in [-0.15, -0.1) is 11.3 Å². The Morgan fingerprint density at radius 2 is 1.64 bits per heavy atom. The monoisotopic (exact) mass is 887 g/mol. The highest BCUT2D eigenvalue weighted by atomic mass is 32.1. The van der Waals surface area contributed by atoms with E-state index in [2.05, 4.69) is 36.7 Å². The van der Waals surface area contributed by atoms with Gasteiger partial charge < -0.3 is 24.2 Å². The molecule has 10 rings (SSSR count). The molecule has 3 aromatic heterocycles. The first kappa shape index (κ1) is 42.8. The molecule has 16 heteroatoms. The number of aromatic nitrogens is 4. The molecule has 4 bridgehead atoms. The van der Waals surface area contributed by atoms with E-state index >= 15 is 8.78 Å². The number of piperazine rings is 1. The molecule has 4 aromatic carbocycles. The van der Waals surface area contributed by atoms with Crippen LogP contribution in [-0.2, 0) is 30.9 Å². The predicted octanol–water partition coefficient (Wildman–Crippen LogP) is 8.12. The Bertz CT molecular complexity index is 2820. The Kier molecular flexibility index (Phi) is 12.5. The smallest absolute Gasteiger partial charge is 0.345 e. The minimum Gasteiger partial charge on any atom is -0.496 e. The summed E-state index contributed by atoms with van der Waals surface area (Å²) in [6, 6.07) is 23.5. The lowest BCUT2D eigenvalue weighted by Gasteiger charge is -2.34. The molecule has 0 saturated carbocycles. The van der Waals surface area contributed by atoms with Crippen molar-refractivity contribution >= 4 is 27.5 Å². The van der Waals surface area contributed by atoms with Crippen LogP contribution in [0.15, 0.2) is 97.5 Å². The van der Waals surface area contributed by atoms with Crippen LogP contribution in [-0.4, -0.2) is 105 Å².